The van der Waals surface area contributed by atoms with E-state index in [9.17, 15) is 5.11 Å². The minimum atomic E-state index is -0.435. The van der Waals surface area contributed by atoms with Crippen molar-refractivity contribution in [2.45, 2.75) is 25.9 Å². The maximum absolute atomic E-state index is 9.40. The van der Waals surface area contributed by atoms with Crippen LogP contribution >= 0.6 is 0 Å². The molecule has 0 aliphatic rings. The summed E-state index contributed by atoms with van der Waals surface area (Å²) in [6.07, 6.45) is 2.16. The van der Waals surface area contributed by atoms with E-state index in [1.54, 1.807) is 18.4 Å². The zero-order valence-electron chi connectivity index (χ0n) is 8.38. The fraction of sp³-hybridized carbons (Fsp3) is 0.400. The van der Waals surface area contributed by atoms with Crippen LogP contribution in [0.15, 0.2) is 27.3 Å². The summed E-state index contributed by atoms with van der Waals surface area (Å²) in [7, 11) is 0. The van der Waals surface area contributed by atoms with Gasteiger partial charge in [0.25, 0.3) is 0 Å². The lowest BCUT2D eigenvalue weighted by molar-refractivity contribution is 0.158. The second kappa shape index (κ2) is 4.27. The van der Waals surface area contributed by atoms with E-state index >= 15 is 0 Å². The molecular weight excluding hydrogens is 196 g/mol. The summed E-state index contributed by atoms with van der Waals surface area (Å²) in [5.74, 6) is 1.41. The molecule has 5 heteroatoms. The molecule has 2 aromatic rings. The number of aliphatic hydroxyl groups excluding tert-OH is 1. The van der Waals surface area contributed by atoms with Crippen LogP contribution in [0.1, 0.15) is 19.2 Å². The highest BCUT2D eigenvalue weighted by molar-refractivity contribution is 5.44. The van der Waals surface area contributed by atoms with Crippen molar-refractivity contribution in [1.29, 1.82) is 0 Å². The van der Waals surface area contributed by atoms with Crippen molar-refractivity contribution in [3.8, 4) is 11.6 Å². The van der Waals surface area contributed by atoms with Gasteiger partial charge in [0.15, 0.2) is 5.76 Å². The van der Waals surface area contributed by atoms with Crippen LogP contribution in [0, 0.1) is 0 Å². The van der Waals surface area contributed by atoms with E-state index in [2.05, 4.69) is 10.1 Å². The molecule has 0 fully saturated rings. The summed E-state index contributed by atoms with van der Waals surface area (Å²) in [5.41, 5.74) is 0. The Labute approximate surface area is 86.7 Å². The highest BCUT2D eigenvalue weighted by Gasteiger charge is 2.13. The molecule has 0 amide bonds. The molecule has 1 atom stereocenters. The minimum absolute atomic E-state index is 0.379. The van der Waals surface area contributed by atoms with E-state index in [1.165, 1.54) is 0 Å². The molecule has 0 spiro atoms. The Morgan fingerprint density at radius 2 is 2.40 bits per heavy atom. The van der Waals surface area contributed by atoms with Gasteiger partial charge < -0.3 is 14.0 Å². The van der Waals surface area contributed by atoms with E-state index < -0.39 is 6.10 Å². The molecule has 15 heavy (non-hydrogen) atoms. The third-order valence-corrected chi connectivity index (χ3v) is 2.09. The Morgan fingerprint density at radius 1 is 1.53 bits per heavy atom. The average Bonchev–Trinajstić information content (AvgIpc) is 2.85. The lowest BCUT2D eigenvalue weighted by atomic mass is 10.2. The van der Waals surface area contributed by atoms with Crippen LogP contribution in [0.2, 0.25) is 0 Å². The summed E-state index contributed by atoms with van der Waals surface area (Å²) in [4.78, 5) is 4.11. The van der Waals surface area contributed by atoms with Gasteiger partial charge in [-0.3, -0.25) is 0 Å². The fourth-order valence-corrected chi connectivity index (χ4v) is 1.19. The first kappa shape index (κ1) is 9.92. The van der Waals surface area contributed by atoms with Crippen molar-refractivity contribution < 1.29 is 14.0 Å². The Hall–Kier alpha value is -1.62. The first-order valence-corrected chi connectivity index (χ1v) is 4.84. The number of nitrogens with zero attached hydrogens (tertiary/aromatic N) is 2. The third kappa shape index (κ3) is 2.24. The highest BCUT2D eigenvalue weighted by atomic mass is 16.5. The molecule has 0 saturated carbocycles. The topological polar surface area (TPSA) is 72.3 Å². The van der Waals surface area contributed by atoms with Gasteiger partial charge in [0.1, 0.15) is 0 Å². The lowest BCUT2D eigenvalue weighted by Gasteiger charge is -2.01. The van der Waals surface area contributed by atoms with Gasteiger partial charge in [-0.25, -0.2) is 0 Å². The monoisotopic (exact) mass is 208 g/mol. The van der Waals surface area contributed by atoms with Crippen molar-refractivity contribution in [3.63, 3.8) is 0 Å². The first-order valence-electron chi connectivity index (χ1n) is 4.84. The van der Waals surface area contributed by atoms with Crippen molar-refractivity contribution in [2.75, 3.05) is 0 Å². The summed E-state index contributed by atoms with van der Waals surface area (Å²) in [5, 5.41) is 13.2. The number of rotatable bonds is 4. The second-order valence-corrected chi connectivity index (χ2v) is 3.26. The van der Waals surface area contributed by atoms with Crippen LogP contribution in [-0.2, 0) is 6.42 Å². The molecule has 0 radical (unpaired) electrons. The molecule has 0 aliphatic carbocycles. The van der Waals surface area contributed by atoms with Crippen LogP contribution in [0.3, 0.4) is 0 Å². The van der Waals surface area contributed by atoms with Crippen molar-refractivity contribution in [2.24, 2.45) is 0 Å². The normalized spacial score (nSPS) is 12.9. The molecule has 80 valence electrons. The number of furan rings is 1. The molecule has 2 heterocycles. The maximum Gasteiger partial charge on any atom is 0.238 e. The molecule has 0 aromatic carbocycles. The van der Waals surface area contributed by atoms with E-state index in [1.807, 2.05) is 6.92 Å². The Bertz CT molecular complexity index is 408. The zero-order valence-corrected chi connectivity index (χ0v) is 8.38. The van der Waals surface area contributed by atoms with Gasteiger partial charge in [-0.1, -0.05) is 12.1 Å². The Balaban J connectivity index is 2.11. The van der Waals surface area contributed by atoms with Gasteiger partial charge in [-0.15, -0.1) is 0 Å². The Morgan fingerprint density at radius 3 is 3.07 bits per heavy atom. The number of hydrogen-bond donors (Lipinski definition) is 1. The van der Waals surface area contributed by atoms with Crippen LogP contribution in [-0.4, -0.2) is 21.4 Å². The van der Waals surface area contributed by atoms with Crippen LogP contribution in [0.4, 0.5) is 0 Å². The van der Waals surface area contributed by atoms with Crippen molar-refractivity contribution in [3.05, 3.63) is 24.3 Å². The summed E-state index contributed by atoms with van der Waals surface area (Å²) < 4.78 is 10.1. The SMILES string of the molecule is CCC(O)Cc1nc(-c2ccco2)no1. The molecule has 5 nitrogen and oxygen atoms in total. The standard InChI is InChI=1S/C10H12N2O3/c1-2-7(13)6-9-11-10(12-15-9)8-4-3-5-14-8/h3-5,7,13H,2,6H2,1H3. The van der Waals surface area contributed by atoms with Crippen LogP contribution in [0.5, 0.6) is 0 Å². The third-order valence-electron chi connectivity index (χ3n) is 2.09. The van der Waals surface area contributed by atoms with Gasteiger partial charge >= 0.3 is 0 Å². The molecule has 1 unspecified atom stereocenters. The smallest absolute Gasteiger partial charge is 0.238 e. The number of aromatic nitrogens is 2. The fourth-order valence-electron chi connectivity index (χ4n) is 1.19. The Kier molecular flexibility index (Phi) is 2.82. The van der Waals surface area contributed by atoms with Gasteiger partial charge in [-0.2, -0.15) is 4.98 Å². The van der Waals surface area contributed by atoms with Crippen molar-refractivity contribution in [1.82, 2.24) is 10.1 Å². The molecule has 0 aliphatic heterocycles. The van der Waals surface area contributed by atoms with E-state index in [0.717, 1.165) is 0 Å². The molecule has 0 bridgehead atoms. The van der Waals surface area contributed by atoms with Crippen molar-refractivity contribution >= 4 is 0 Å². The lowest BCUT2D eigenvalue weighted by Crippen LogP contribution is -2.08. The van der Waals surface area contributed by atoms with E-state index in [0.29, 0.717) is 30.3 Å². The first-order chi connectivity index (χ1) is 7.29. The minimum Gasteiger partial charge on any atom is -0.461 e. The van der Waals surface area contributed by atoms with Gasteiger partial charge in [0, 0.05) is 0 Å². The largest absolute Gasteiger partial charge is 0.461 e. The van der Waals surface area contributed by atoms with Gasteiger partial charge in [0.2, 0.25) is 11.7 Å². The summed E-state index contributed by atoms with van der Waals surface area (Å²) in [6, 6.07) is 3.51. The van der Waals surface area contributed by atoms with Gasteiger partial charge in [0.05, 0.1) is 18.8 Å². The second-order valence-electron chi connectivity index (χ2n) is 3.26. The maximum atomic E-state index is 9.40. The predicted octanol–water partition coefficient (Wildman–Crippen LogP) is 1.64. The molecule has 0 saturated heterocycles. The summed E-state index contributed by atoms with van der Waals surface area (Å²) in [6.45, 7) is 1.90. The van der Waals surface area contributed by atoms with Crippen LogP contribution < -0.4 is 0 Å². The number of hydrogen-bond acceptors (Lipinski definition) is 5. The van der Waals surface area contributed by atoms with E-state index in [4.69, 9.17) is 8.94 Å². The van der Waals surface area contributed by atoms with Crippen LogP contribution in [0.25, 0.3) is 11.6 Å². The average molecular weight is 208 g/mol. The molecule has 1 N–H and O–H groups in total. The predicted molar refractivity (Wildman–Crippen MR) is 52.0 cm³/mol. The molecule has 2 aromatic heterocycles. The quantitative estimate of drug-likeness (QED) is 0.826. The van der Waals surface area contributed by atoms with E-state index in [-0.39, 0.29) is 0 Å². The summed E-state index contributed by atoms with van der Waals surface area (Å²) >= 11 is 0. The molecular formula is C10H12N2O3. The van der Waals surface area contributed by atoms with Gasteiger partial charge in [-0.05, 0) is 18.6 Å². The number of aliphatic hydroxyl groups is 1. The zero-order chi connectivity index (χ0) is 10.7. The highest BCUT2D eigenvalue weighted by Crippen LogP contribution is 2.16. The molecule has 2 rings (SSSR count).